The van der Waals surface area contributed by atoms with Gasteiger partial charge in [-0.25, -0.2) is 0 Å². The van der Waals surface area contributed by atoms with E-state index >= 15 is 0 Å². The number of hydrogen-bond donors (Lipinski definition) is 2. The highest BCUT2D eigenvalue weighted by Gasteiger charge is 2.16. The molecule has 0 radical (unpaired) electrons. The van der Waals surface area contributed by atoms with E-state index in [2.05, 4.69) is 15.5 Å². The number of ether oxygens (including phenoxy) is 1. The highest BCUT2D eigenvalue weighted by Crippen LogP contribution is 2.14. The normalized spacial score (nSPS) is 12.0. The summed E-state index contributed by atoms with van der Waals surface area (Å²) >= 11 is 5.14. The molecule has 2 aromatic rings. The van der Waals surface area contributed by atoms with Crippen molar-refractivity contribution in [2.24, 2.45) is 0 Å². The molecule has 6 nitrogen and oxygen atoms in total. The Hall–Kier alpha value is -2.15. The van der Waals surface area contributed by atoms with Crippen LogP contribution in [0.1, 0.15) is 36.1 Å². The average Bonchev–Trinajstić information content (AvgIpc) is 2.88. The topological polar surface area (TPSA) is 71.9 Å². The molecule has 1 amide bonds. The van der Waals surface area contributed by atoms with E-state index in [1.807, 2.05) is 18.4 Å². The first-order valence-corrected chi connectivity index (χ1v) is 7.07. The lowest BCUT2D eigenvalue weighted by Gasteiger charge is -2.14. The van der Waals surface area contributed by atoms with Gasteiger partial charge in [-0.05, 0) is 50.3 Å². The molecular formula is C14H18N4O2S. The van der Waals surface area contributed by atoms with Gasteiger partial charge >= 0.3 is 0 Å². The highest BCUT2D eigenvalue weighted by molar-refractivity contribution is 7.71. The molecule has 1 aromatic carbocycles. The number of nitrogens with one attached hydrogen (secondary N) is 2. The molecule has 112 valence electrons. The van der Waals surface area contributed by atoms with Crippen molar-refractivity contribution < 1.29 is 9.53 Å². The second kappa shape index (κ2) is 6.53. The SMILES string of the molecule is CCn1c(C(C)NC(=O)c2ccc(OC)cc2)n[nH]c1=S. The summed E-state index contributed by atoms with van der Waals surface area (Å²) in [6, 6.07) is 6.70. The van der Waals surface area contributed by atoms with Crippen molar-refractivity contribution >= 4 is 18.1 Å². The molecule has 0 aliphatic rings. The van der Waals surface area contributed by atoms with Crippen LogP contribution in [0.2, 0.25) is 0 Å². The maximum absolute atomic E-state index is 12.2. The molecule has 1 heterocycles. The lowest BCUT2D eigenvalue weighted by molar-refractivity contribution is 0.0937. The van der Waals surface area contributed by atoms with E-state index in [0.717, 1.165) is 0 Å². The number of amides is 1. The lowest BCUT2D eigenvalue weighted by atomic mass is 10.2. The van der Waals surface area contributed by atoms with E-state index in [9.17, 15) is 4.79 Å². The Balaban J connectivity index is 2.12. The van der Waals surface area contributed by atoms with Crippen molar-refractivity contribution in [3.63, 3.8) is 0 Å². The Bertz CT molecular complexity index is 675. The summed E-state index contributed by atoms with van der Waals surface area (Å²) in [7, 11) is 1.59. The zero-order valence-electron chi connectivity index (χ0n) is 12.2. The third-order valence-electron chi connectivity index (χ3n) is 3.19. The average molecular weight is 306 g/mol. The zero-order chi connectivity index (χ0) is 15.4. The molecule has 21 heavy (non-hydrogen) atoms. The molecule has 0 saturated heterocycles. The predicted octanol–water partition coefficient (Wildman–Crippen LogP) is 2.46. The number of rotatable bonds is 5. The molecule has 0 spiro atoms. The van der Waals surface area contributed by atoms with Gasteiger partial charge in [0.2, 0.25) is 0 Å². The standard InChI is InChI=1S/C14H18N4O2S/c1-4-18-12(16-17-14(18)21)9(2)15-13(19)10-5-7-11(20-3)8-6-10/h5-9H,4H2,1-3H3,(H,15,19)(H,17,21). The van der Waals surface area contributed by atoms with Crippen LogP contribution in [0.15, 0.2) is 24.3 Å². The minimum atomic E-state index is -0.243. The number of carbonyl (C=O) groups is 1. The molecule has 0 bridgehead atoms. The summed E-state index contributed by atoms with van der Waals surface area (Å²) in [5.74, 6) is 1.26. The third-order valence-corrected chi connectivity index (χ3v) is 3.50. The van der Waals surface area contributed by atoms with Crippen LogP contribution in [-0.2, 0) is 6.54 Å². The van der Waals surface area contributed by atoms with Crippen molar-refractivity contribution in [3.8, 4) is 5.75 Å². The molecule has 0 aliphatic heterocycles. The van der Waals surface area contributed by atoms with Crippen LogP contribution in [-0.4, -0.2) is 27.8 Å². The van der Waals surface area contributed by atoms with Crippen LogP contribution in [0.25, 0.3) is 0 Å². The van der Waals surface area contributed by atoms with Gasteiger partial charge < -0.3 is 14.6 Å². The van der Waals surface area contributed by atoms with Gasteiger partial charge in [0.05, 0.1) is 13.2 Å². The van der Waals surface area contributed by atoms with Crippen LogP contribution in [0.4, 0.5) is 0 Å². The molecule has 2 rings (SSSR count). The van der Waals surface area contributed by atoms with Crippen molar-refractivity contribution in [1.82, 2.24) is 20.1 Å². The molecule has 0 fully saturated rings. The maximum atomic E-state index is 12.2. The van der Waals surface area contributed by atoms with Gasteiger partial charge in [-0.1, -0.05) is 0 Å². The number of nitrogens with zero attached hydrogens (tertiary/aromatic N) is 2. The van der Waals surface area contributed by atoms with E-state index in [0.29, 0.717) is 28.5 Å². The van der Waals surface area contributed by atoms with Crippen LogP contribution >= 0.6 is 12.2 Å². The second-order valence-corrected chi connectivity index (χ2v) is 4.94. The monoisotopic (exact) mass is 306 g/mol. The number of methoxy groups -OCH3 is 1. The van der Waals surface area contributed by atoms with Gasteiger partial charge in [-0.15, -0.1) is 0 Å². The van der Waals surface area contributed by atoms with Gasteiger partial charge in [0, 0.05) is 12.1 Å². The summed E-state index contributed by atoms with van der Waals surface area (Å²) in [6.07, 6.45) is 0. The first-order valence-electron chi connectivity index (χ1n) is 6.66. The van der Waals surface area contributed by atoms with Crippen molar-refractivity contribution in [1.29, 1.82) is 0 Å². The van der Waals surface area contributed by atoms with E-state index in [1.165, 1.54) is 0 Å². The molecule has 0 aliphatic carbocycles. The summed E-state index contributed by atoms with van der Waals surface area (Å²) in [5.41, 5.74) is 0.569. The third kappa shape index (κ3) is 3.30. The number of aromatic amines is 1. The Kier molecular flexibility index (Phi) is 4.74. The number of aromatic nitrogens is 3. The summed E-state index contributed by atoms with van der Waals surface area (Å²) < 4.78 is 7.48. The molecule has 7 heteroatoms. The Morgan fingerprint density at radius 3 is 2.71 bits per heavy atom. The molecule has 1 atom stereocenters. The number of benzene rings is 1. The molecule has 0 saturated carbocycles. The van der Waals surface area contributed by atoms with E-state index < -0.39 is 0 Å². The fourth-order valence-corrected chi connectivity index (χ4v) is 2.32. The van der Waals surface area contributed by atoms with E-state index in [1.54, 1.807) is 31.4 Å². The number of hydrogen-bond acceptors (Lipinski definition) is 4. The summed E-state index contributed by atoms with van der Waals surface area (Å²) in [4.78, 5) is 12.2. The first kappa shape index (κ1) is 15.2. The van der Waals surface area contributed by atoms with Gasteiger partial charge in [0.15, 0.2) is 10.6 Å². The van der Waals surface area contributed by atoms with Gasteiger partial charge in [0.1, 0.15) is 5.75 Å². The van der Waals surface area contributed by atoms with Gasteiger partial charge in [-0.3, -0.25) is 9.89 Å². The van der Waals surface area contributed by atoms with Gasteiger partial charge in [0.25, 0.3) is 5.91 Å². The highest BCUT2D eigenvalue weighted by atomic mass is 32.1. The molecule has 2 N–H and O–H groups in total. The Morgan fingerprint density at radius 2 is 2.14 bits per heavy atom. The molecule has 1 aromatic heterocycles. The molecule has 1 unspecified atom stereocenters. The van der Waals surface area contributed by atoms with Crippen LogP contribution < -0.4 is 10.1 Å². The summed E-state index contributed by atoms with van der Waals surface area (Å²) in [6.45, 7) is 4.55. The van der Waals surface area contributed by atoms with Gasteiger partial charge in [-0.2, -0.15) is 5.10 Å². The van der Waals surface area contributed by atoms with E-state index in [4.69, 9.17) is 17.0 Å². The first-order chi connectivity index (χ1) is 10.1. The van der Waals surface area contributed by atoms with Crippen molar-refractivity contribution in [2.45, 2.75) is 26.4 Å². The van der Waals surface area contributed by atoms with Crippen LogP contribution in [0.3, 0.4) is 0 Å². The minimum absolute atomic E-state index is 0.165. The van der Waals surface area contributed by atoms with Crippen LogP contribution in [0, 0.1) is 4.77 Å². The largest absolute Gasteiger partial charge is 0.497 e. The number of H-pyrrole nitrogens is 1. The second-order valence-electron chi connectivity index (χ2n) is 4.55. The van der Waals surface area contributed by atoms with E-state index in [-0.39, 0.29) is 11.9 Å². The molecular weight excluding hydrogens is 288 g/mol. The summed E-state index contributed by atoms with van der Waals surface area (Å²) in [5, 5.41) is 9.83. The van der Waals surface area contributed by atoms with Crippen LogP contribution in [0.5, 0.6) is 5.75 Å². The fourth-order valence-electron chi connectivity index (χ4n) is 2.05. The number of carbonyl (C=O) groups excluding carboxylic acids is 1. The fraction of sp³-hybridized carbons (Fsp3) is 0.357. The predicted molar refractivity (Wildman–Crippen MR) is 82.0 cm³/mol. The lowest BCUT2D eigenvalue weighted by Crippen LogP contribution is -2.28. The smallest absolute Gasteiger partial charge is 0.251 e. The zero-order valence-corrected chi connectivity index (χ0v) is 13.0. The Labute approximate surface area is 128 Å². The quantitative estimate of drug-likeness (QED) is 0.832. The Morgan fingerprint density at radius 1 is 1.48 bits per heavy atom. The minimum Gasteiger partial charge on any atom is -0.497 e. The van der Waals surface area contributed by atoms with Crippen molar-refractivity contribution in [3.05, 3.63) is 40.4 Å². The maximum Gasteiger partial charge on any atom is 0.251 e. The van der Waals surface area contributed by atoms with Crippen molar-refractivity contribution in [2.75, 3.05) is 7.11 Å².